The third-order valence-electron chi connectivity index (χ3n) is 4.00. The smallest absolute Gasteiger partial charge is 0.251 e. The summed E-state index contributed by atoms with van der Waals surface area (Å²) in [5.74, 6) is 0.149. The van der Waals surface area contributed by atoms with Crippen LogP contribution in [0, 0.1) is 0 Å². The lowest BCUT2D eigenvalue weighted by Gasteiger charge is -2.09. The number of aromatic nitrogens is 2. The van der Waals surface area contributed by atoms with Crippen molar-refractivity contribution < 1.29 is 14.3 Å². The van der Waals surface area contributed by atoms with Gasteiger partial charge in [0.25, 0.3) is 5.91 Å². The van der Waals surface area contributed by atoms with Gasteiger partial charge in [0.15, 0.2) is 0 Å². The Morgan fingerprint density at radius 2 is 1.82 bits per heavy atom. The van der Waals surface area contributed by atoms with Crippen LogP contribution in [0.15, 0.2) is 67.3 Å². The third kappa shape index (κ3) is 5.44. The second kappa shape index (κ2) is 9.36. The first kappa shape index (κ1) is 19.2. The molecule has 7 heteroatoms. The molecule has 2 amide bonds. The van der Waals surface area contributed by atoms with E-state index in [4.69, 9.17) is 4.74 Å². The van der Waals surface area contributed by atoms with Crippen LogP contribution >= 0.6 is 0 Å². The third-order valence-corrected chi connectivity index (χ3v) is 4.00. The van der Waals surface area contributed by atoms with Crippen LogP contribution in [-0.4, -0.2) is 34.5 Å². The summed E-state index contributed by atoms with van der Waals surface area (Å²) < 4.78 is 7.30. The van der Waals surface area contributed by atoms with Gasteiger partial charge in [-0.3, -0.25) is 9.59 Å². The lowest BCUT2D eigenvalue weighted by atomic mass is 10.1. The first-order valence-electron chi connectivity index (χ1n) is 8.99. The van der Waals surface area contributed by atoms with E-state index < -0.39 is 0 Å². The number of carbonyl (C=O) groups is 2. The number of carbonyl (C=O) groups excluding carboxylic acids is 2. The molecule has 144 valence electrons. The highest BCUT2D eigenvalue weighted by molar-refractivity contribution is 5.99. The number of nitrogens with zero attached hydrogens (tertiary/aromatic N) is 2. The van der Waals surface area contributed by atoms with E-state index in [-0.39, 0.29) is 18.4 Å². The Kier molecular flexibility index (Phi) is 6.41. The summed E-state index contributed by atoms with van der Waals surface area (Å²) in [6, 6.07) is 14.3. The van der Waals surface area contributed by atoms with Gasteiger partial charge in [0.05, 0.1) is 19.5 Å². The van der Waals surface area contributed by atoms with Crippen molar-refractivity contribution in [1.29, 1.82) is 0 Å². The number of nitrogens with one attached hydrogen (secondary N) is 2. The molecule has 0 aliphatic rings. The number of imidazole rings is 1. The molecule has 0 fully saturated rings. The van der Waals surface area contributed by atoms with E-state index in [1.54, 1.807) is 48.9 Å². The summed E-state index contributed by atoms with van der Waals surface area (Å²) in [6.07, 6.45) is 5.34. The molecule has 0 saturated heterocycles. The van der Waals surface area contributed by atoms with Crippen LogP contribution < -0.4 is 15.4 Å². The largest absolute Gasteiger partial charge is 0.494 e. The molecule has 1 heterocycles. The van der Waals surface area contributed by atoms with Gasteiger partial charge in [-0.05, 0) is 48.9 Å². The predicted octanol–water partition coefficient (Wildman–Crippen LogP) is 2.70. The Balaban J connectivity index is 1.47. The topological polar surface area (TPSA) is 85.3 Å². The maximum atomic E-state index is 12.2. The lowest BCUT2D eigenvalue weighted by molar-refractivity contribution is -0.115. The zero-order valence-electron chi connectivity index (χ0n) is 15.6. The van der Waals surface area contributed by atoms with Gasteiger partial charge < -0.3 is 19.9 Å². The van der Waals surface area contributed by atoms with E-state index in [0.717, 1.165) is 11.3 Å². The molecule has 0 spiro atoms. The van der Waals surface area contributed by atoms with Crippen LogP contribution in [0.1, 0.15) is 22.8 Å². The molecule has 1 aromatic heterocycles. The molecule has 28 heavy (non-hydrogen) atoms. The molecule has 0 saturated carbocycles. The molecule has 2 N–H and O–H groups in total. The molecule has 2 aromatic carbocycles. The number of amides is 2. The molecule has 0 bridgehead atoms. The summed E-state index contributed by atoms with van der Waals surface area (Å²) in [4.78, 5) is 28.3. The van der Waals surface area contributed by atoms with Crippen LogP contribution in [0.4, 0.5) is 5.69 Å². The first-order valence-corrected chi connectivity index (χ1v) is 8.99. The van der Waals surface area contributed by atoms with E-state index in [0.29, 0.717) is 24.4 Å². The number of rotatable bonds is 8. The predicted molar refractivity (Wildman–Crippen MR) is 106 cm³/mol. The average molecular weight is 378 g/mol. The SMILES string of the molecule is CCOc1ccc(NC(=O)CNC(=O)c2ccc(Cn3ccnc3)cc2)cc1. The standard InChI is InChI=1S/C21H22N4O3/c1-2-28-19-9-7-18(8-10-19)24-20(26)13-23-21(27)17-5-3-16(4-6-17)14-25-12-11-22-15-25/h3-12,15H,2,13-14H2,1H3,(H,23,27)(H,24,26). The molecule has 0 radical (unpaired) electrons. The summed E-state index contributed by atoms with van der Waals surface area (Å²) in [5, 5.41) is 5.36. The van der Waals surface area contributed by atoms with Gasteiger partial charge in [-0.1, -0.05) is 12.1 Å². The number of benzene rings is 2. The van der Waals surface area contributed by atoms with Crippen LogP contribution in [-0.2, 0) is 11.3 Å². The average Bonchev–Trinajstić information content (AvgIpc) is 3.21. The lowest BCUT2D eigenvalue weighted by Crippen LogP contribution is -2.32. The normalized spacial score (nSPS) is 10.3. The highest BCUT2D eigenvalue weighted by Gasteiger charge is 2.09. The van der Waals surface area contributed by atoms with Crippen molar-refractivity contribution in [3.8, 4) is 5.75 Å². The first-order chi connectivity index (χ1) is 13.6. The van der Waals surface area contributed by atoms with Crippen molar-refractivity contribution in [2.75, 3.05) is 18.5 Å². The van der Waals surface area contributed by atoms with Gasteiger partial charge in [-0.25, -0.2) is 4.98 Å². The van der Waals surface area contributed by atoms with E-state index in [1.165, 1.54) is 0 Å². The van der Waals surface area contributed by atoms with Crippen LogP contribution in [0.5, 0.6) is 5.75 Å². The van der Waals surface area contributed by atoms with Gasteiger partial charge in [-0.15, -0.1) is 0 Å². The molecular formula is C21H22N4O3. The monoisotopic (exact) mass is 378 g/mol. The highest BCUT2D eigenvalue weighted by atomic mass is 16.5. The quantitative estimate of drug-likeness (QED) is 0.631. The Morgan fingerprint density at radius 3 is 2.46 bits per heavy atom. The van der Waals surface area contributed by atoms with E-state index in [2.05, 4.69) is 15.6 Å². The van der Waals surface area contributed by atoms with Crippen LogP contribution in [0.25, 0.3) is 0 Å². The van der Waals surface area contributed by atoms with Crippen molar-refractivity contribution in [2.24, 2.45) is 0 Å². The van der Waals surface area contributed by atoms with E-state index >= 15 is 0 Å². The molecule has 3 aromatic rings. The Labute approximate surface area is 163 Å². The molecule has 0 aliphatic heterocycles. The summed E-state index contributed by atoms with van der Waals surface area (Å²) in [5.41, 5.74) is 2.21. The van der Waals surface area contributed by atoms with Gasteiger partial charge in [0.2, 0.25) is 5.91 Å². The number of hydrogen-bond acceptors (Lipinski definition) is 4. The Hall–Kier alpha value is -3.61. The molecule has 0 atom stereocenters. The minimum Gasteiger partial charge on any atom is -0.494 e. The van der Waals surface area contributed by atoms with Crippen LogP contribution in [0.2, 0.25) is 0 Å². The Bertz CT molecular complexity index is 904. The zero-order chi connectivity index (χ0) is 19.8. The van der Waals surface area contributed by atoms with Crippen molar-refractivity contribution in [2.45, 2.75) is 13.5 Å². The minimum atomic E-state index is -0.297. The van der Waals surface area contributed by atoms with Crippen molar-refractivity contribution in [1.82, 2.24) is 14.9 Å². The molecule has 3 rings (SSSR count). The van der Waals surface area contributed by atoms with Crippen molar-refractivity contribution >= 4 is 17.5 Å². The Morgan fingerprint density at radius 1 is 1.07 bits per heavy atom. The minimum absolute atomic E-state index is 0.108. The summed E-state index contributed by atoms with van der Waals surface area (Å²) in [7, 11) is 0. The summed E-state index contributed by atoms with van der Waals surface area (Å²) >= 11 is 0. The molecule has 7 nitrogen and oxygen atoms in total. The molecular weight excluding hydrogens is 356 g/mol. The van der Waals surface area contributed by atoms with Gasteiger partial charge >= 0.3 is 0 Å². The van der Waals surface area contributed by atoms with Gasteiger partial charge in [-0.2, -0.15) is 0 Å². The van der Waals surface area contributed by atoms with Gasteiger partial charge in [0, 0.05) is 30.2 Å². The second-order valence-corrected chi connectivity index (χ2v) is 6.12. The number of anilines is 1. The van der Waals surface area contributed by atoms with Crippen molar-refractivity contribution in [3.05, 3.63) is 78.4 Å². The van der Waals surface area contributed by atoms with E-state index in [9.17, 15) is 9.59 Å². The number of hydrogen-bond donors (Lipinski definition) is 2. The van der Waals surface area contributed by atoms with Gasteiger partial charge in [0.1, 0.15) is 5.75 Å². The fourth-order valence-electron chi connectivity index (χ4n) is 2.62. The van der Waals surface area contributed by atoms with E-state index in [1.807, 2.05) is 29.8 Å². The molecule has 0 unspecified atom stereocenters. The number of ether oxygens (including phenoxy) is 1. The maximum absolute atomic E-state index is 12.2. The second-order valence-electron chi connectivity index (χ2n) is 6.12. The fraction of sp³-hybridized carbons (Fsp3) is 0.190. The summed E-state index contributed by atoms with van der Waals surface area (Å²) in [6.45, 7) is 3.07. The zero-order valence-corrected chi connectivity index (χ0v) is 15.6. The molecule has 0 aliphatic carbocycles. The highest BCUT2D eigenvalue weighted by Crippen LogP contribution is 2.15. The maximum Gasteiger partial charge on any atom is 0.251 e. The fourth-order valence-corrected chi connectivity index (χ4v) is 2.62. The van der Waals surface area contributed by atoms with Crippen molar-refractivity contribution in [3.63, 3.8) is 0 Å². The van der Waals surface area contributed by atoms with Crippen LogP contribution in [0.3, 0.4) is 0 Å².